The number of carboxylic acid groups (broad SMARTS) is 1. The normalized spacial score (nSPS) is 15.6. The summed E-state index contributed by atoms with van der Waals surface area (Å²) in [6.07, 6.45) is 1.17. The summed E-state index contributed by atoms with van der Waals surface area (Å²) in [6.45, 7) is 0.0332. The average molecular weight is 497 g/mol. The highest BCUT2D eigenvalue weighted by Gasteiger charge is 2.35. The van der Waals surface area contributed by atoms with Gasteiger partial charge in [0, 0.05) is 30.3 Å². The van der Waals surface area contributed by atoms with Crippen LogP contribution in [0.3, 0.4) is 0 Å². The maximum atomic E-state index is 12.7. The van der Waals surface area contributed by atoms with Crippen molar-refractivity contribution in [3.05, 3.63) is 72.4 Å². The zero-order valence-corrected chi connectivity index (χ0v) is 18.9. The third-order valence-corrected chi connectivity index (χ3v) is 6.66. The summed E-state index contributed by atoms with van der Waals surface area (Å²) in [4.78, 5) is 39.9. The quantitative estimate of drug-likeness (QED) is 0.426. The first kappa shape index (κ1) is 23.7. The van der Waals surface area contributed by atoms with Crippen molar-refractivity contribution in [1.29, 1.82) is 0 Å². The number of benzene rings is 2. The molecule has 11 nitrogen and oxygen atoms in total. The standard InChI is InChI=1S/C23H20N4O7S/c24-22(29)14-2-1-3-18(10-14)34-20-9-4-16(12-25-20)26-35(32,33)19-7-5-17(6-8-19)27-13-15(23(30)31)11-21(27)28/h1-10,12,15,26H,11,13H2,(H2,24,29)(H,30,31). The third kappa shape index (κ3) is 5.38. The molecule has 4 rings (SSSR count). The summed E-state index contributed by atoms with van der Waals surface area (Å²) < 4.78 is 33.5. The zero-order chi connectivity index (χ0) is 25.2. The number of hydrogen-bond donors (Lipinski definition) is 3. The van der Waals surface area contributed by atoms with E-state index in [1.807, 2.05) is 0 Å². The van der Waals surface area contributed by atoms with Crippen LogP contribution in [0.15, 0.2) is 71.8 Å². The Morgan fingerprint density at radius 2 is 1.86 bits per heavy atom. The van der Waals surface area contributed by atoms with E-state index in [1.54, 1.807) is 18.2 Å². The number of primary amides is 1. The molecule has 3 aromatic rings. The molecule has 0 bridgehead atoms. The first-order valence-electron chi connectivity index (χ1n) is 10.3. The van der Waals surface area contributed by atoms with Gasteiger partial charge in [0.05, 0.1) is 22.7 Å². The fourth-order valence-electron chi connectivity index (χ4n) is 3.48. The second-order valence-corrected chi connectivity index (χ2v) is 9.40. The highest BCUT2D eigenvalue weighted by Crippen LogP contribution is 2.27. The van der Waals surface area contributed by atoms with Crippen molar-refractivity contribution in [2.45, 2.75) is 11.3 Å². The molecule has 1 atom stereocenters. The van der Waals surface area contributed by atoms with E-state index in [4.69, 9.17) is 15.6 Å². The zero-order valence-electron chi connectivity index (χ0n) is 18.1. The lowest BCUT2D eigenvalue weighted by atomic mass is 10.1. The van der Waals surface area contributed by atoms with Crippen molar-refractivity contribution in [2.24, 2.45) is 11.7 Å². The van der Waals surface area contributed by atoms with E-state index in [9.17, 15) is 22.8 Å². The Morgan fingerprint density at radius 3 is 2.46 bits per heavy atom. The third-order valence-electron chi connectivity index (χ3n) is 5.26. The van der Waals surface area contributed by atoms with Gasteiger partial charge in [-0.15, -0.1) is 0 Å². The van der Waals surface area contributed by atoms with Gasteiger partial charge in [-0.3, -0.25) is 19.1 Å². The molecule has 1 aliphatic heterocycles. The van der Waals surface area contributed by atoms with Crippen LogP contribution in [-0.2, 0) is 19.6 Å². The molecule has 2 amide bonds. The summed E-state index contributed by atoms with van der Waals surface area (Å²) in [5, 5.41) is 9.11. The lowest BCUT2D eigenvalue weighted by Gasteiger charge is -2.16. The van der Waals surface area contributed by atoms with E-state index in [0.29, 0.717) is 11.4 Å². The molecular weight excluding hydrogens is 476 g/mol. The lowest BCUT2D eigenvalue weighted by molar-refractivity contribution is -0.141. The van der Waals surface area contributed by atoms with Gasteiger partial charge in [-0.2, -0.15) is 0 Å². The first-order chi connectivity index (χ1) is 16.6. The Kier molecular flexibility index (Phi) is 6.38. The maximum Gasteiger partial charge on any atom is 0.308 e. The van der Waals surface area contributed by atoms with Crippen molar-refractivity contribution in [1.82, 2.24) is 4.98 Å². The average Bonchev–Trinajstić information content (AvgIpc) is 3.22. The summed E-state index contributed by atoms with van der Waals surface area (Å²) in [5.41, 5.74) is 6.13. The van der Waals surface area contributed by atoms with Crippen LogP contribution in [0.5, 0.6) is 11.6 Å². The first-order valence-corrected chi connectivity index (χ1v) is 11.8. The number of carboxylic acids is 1. The van der Waals surface area contributed by atoms with Gasteiger partial charge >= 0.3 is 5.97 Å². The lowest BCUT2D eigenvalue weighted by Crippen LogP contribution is -2.25. The molecule has 2 aromatic carbocycles. The maximum absolute atomic E-state index is 12.7. The van der Waals surface area contributed by atoms with Gasteiger partial charge in [0.2, 0.25) is 17.7 Å². The van der Waals surface area contributed by atoms with E-state index in [-0.39, 0.29) is 40.9 Å². The fraction of sp³-hybridized carbons (Fsp3) is 0.130. The highest BCUT2D eigenvalue weighted by atomic mass is 32.2. The molecule has 35 heavy (non-hydrogen) atoms. The number of carbonyl (C=O) groups excluding carboxylic acids is 2. The van der Waals surface area contributed by atoms with E-state index < -0.39 is 27.8 Å². The molecule has 4 N–H and O–H groups in total. The minimum atomic E-state index is -3.96. The molecule has 0 saturated carbocycles. The second kappa shape index (κ2) is 9.43. The van der Waals surface area contributed by atoms with Crippen LogP contribution in [0.4, 0.5) is 11.4 Å². The Hall–Kier alpha value is -4.45. The second-order valence-electron chi connectivity index (χ2n) is 7.72. The molecule has 0 aliphatic carbocycles. The van der Waals surface area contributed by atoms with E-state index >= 15 is 0 Å². The van der Waals surface area contributed by atoms with Crippen LogP contribution >= 0.6 is 0 Å². The molecular formula is C23H20N4O7S. The number of aliphatic carboxylic acids is 1. The molecule has 12 heteroatoms. The number of carbonyl (C=O) groups is 3. The number of rotatable bonds is 8. The van der Waals surface area contributed by atoms with Crippen LogP contribution < -0.4 is 20.1 Å². The Bertz CT molecular complexity index is 1390. The van der Waals surface area contributed by atoms with Gasteiger partial charge in [-0.1, -0.05) is 6.07 Å². The van der Waals surface area contributed by atoms with Gasteiger partial charge in [0.15, 0.2) is 0 Å². The molecule has 0 radical (unpaired) electrons. The van der Waals surface area contributed by atoms with Crippen LogP contribution in [0.1, 0.15) is 16.8 Å². The highest BCUT2D eigenvalue weighted by molar-refractivity contribution is 7.92. The minimum absolute atomic E-state index is 0.0332. The van der Waals surface area contributed by atoms with Crippen molar-refractivity contribution < 1.29 is 32.6 Å². The van der Waals surface area contributed by atoms with Gasteiger partial charge < -0.3 is 20.5 Å². The molecule has 1 saturated heterocycles. The van der Waals surface area contributed by atoms with Gasteiger partial charge in [-0.05, 0) is 48.5 Å². The SMILES string of the molecule is NC(=O)c1cccc(Oc2ccc(NS(=O)(=O)c3ccc(N4CC(C(=O)O)CC4=O)cc3)cn2)c1. The Labute approximate surface area is 200 Å². The van der Waals surface area contributed by atoms with Crippen molar-refractivity contribution in [3.8, 4) is 11.6 Å². The fourth-order valence-corrected chi connectivity index (χ4v) is 4.52. The summed E-state index contributed by atoms with van der Waals surface area (Å²) in [5.74, 6) is -2.26. The van der Waals surface area contributed by atoms with Crippen molar-refractivity contribution in [2.75, 3.05) is 16.2 Å². The predicted octanol–water partition coefficient (Wildman–Crippen LogP) is 2.21. The number of ether oxygens (including phenoxy) is 1. The molecule has 1 aliphatic rings. The number of nitrogens with two attached hydrogens (primary N) is 1. The number of pyridine rings is 1. The number of aromatic nitrogens is 1. The van der Waals surface area contributed by atoms with Crippen LogP contribution in [-0.4, -0.2) is 42.8 Å². The number of nitrogens with zero attached hydrogens (tertiary/aromatic N) is 2. The number of sulfonamides is 1. The summed E-state index contributed by atoms with van der Waals surface area (Å²) in [7, 11) is -3.96. The molecule has 1 fully saturated rings. The molecule has 2 heterocycles. The number of anilines is 2. The largest absolute Gasteiger partial charge is 0.481 e. The van der Waals surface area contributed by atoms with Crippen molar-refractivity contribution >= 4 is 39.2 Å². The Morgan fingerprint density at radius 1 is 1.11 bits per heavy atom. The monoisotopic (exact) mass is 496 g/mol. The van der Waals surface area contributed by atoms with Gasteiger partial charge in [0.25, 0.3) is 10.0 Å². The van der Waals surface area contributed by atoms with Gasteiger partial charge in [-0.25, -0.2) is 13.4 Å². The molecule has 1 unspecified atom stereocenters. The minimum Gasteiger partial charge on any atom is -0.481 e. The Balaban J connectivity index is 1.43. The molecule has 1 aromatic heterocycles. The van der Waals surface area contributed by atoms with Crippen molar-refractivity contribution in [3.63, 3.8) is 0 Å². The number of nitrogens with one attached hydrogen (secondary N) is 1. The molecule has 180 valence electrons. The smallest absolute Gasteiger partial charge is 0.308 e. The van der Waals surface area contributed by atoms with E-state index in [2.05, 4.69) is 9.71 Å². The van der Waals surface area contributed by atoms with Crippen LogP contribution in [0, 0.1) is 5.92 Å². The number of amides is 2. The summed E-state index contributed by atoms with van der Waals surface area (Å²) >= 11 is 0. The van der Waals surface area contributed by atoms with Crippen LogP contribution in [0.25, 0.3) is 0 Å². The predicted molar refractivity (Wildman–Crippen MR) is 125 cm³/mol. The van der Waals surface area contributed by atoms with Crippen LogP contribution in [0.2, 0.25) is 0 Å². The molecule has 0 spiro atoms. The van der Waals surface area contributed by atoms with Gasteiger partial charge in [0.1, 0.15) is 5.75 Å². The number of hydrogen-bond acceptors (Lipinski definition) is 7. The van der Waals surface area contributed by atoms with E-state index in [0.717, 1.165) is 0 Å². The topological polar surface area (TPSA) is 169 Å². The van der Waals surface area contributed by atoms with E-state index in [1.165, 1.54) is 53.6 Å². The summed E-state index contributed by atoms with van der Waals surface area (Å²) in [6, 6.07) is 14.7.